The Kier molecular flexibility index (Phi) is 10.4. The number of nitrogens with zero attached hydrogens (tertiary/aromatic N) is 5. The van der Waals surface area contributed by atoms with Crippen molar-refractivity contribution in [3.8, 4) is 22.9 Å². The maximum atomic E-state index is 13.9. The van der Waals surface area contributed by atoms with Gasteiger partial charge in [0, 0.05) is 12.1 Å². The number of thiophene rings is 1. The molecule has 48 heavy (non-hydrogen) atoms. The third-order valence-corrected chi connectivity index (χ3v) is 9.46. The van der Waals surface area contributed by atoms with Crippen molar-refractivity contribution in [1.82, 2.24) is 25.1 Å². The van der Waals surface area contributed by atoms with Crippen LogP contribution in [0.2, 0.25) is 0 Å². The lowest BCUT2D eigenvalue weighted by Gasteiger charge is -2.22. The second-order valence-electron chi connectivity index (χ2n) is 10.6. The van der Waals surface area contributed by atoms with Crippen molar-refractivity contribution in [2.75, 3.05) is 26.6 Å². The van der Waals surface area contributed by atoms with Crippen molar-refractivity contribution in [1.29, 1.82) is 0 Å². The molecule has 1 atom stereocenters. The van der Waals surface area contributed by atoms with Gasteiger partial charge in [0.1, 0.15) is 17.2 Å². The lowest BCUT2D eigenvalue weighted by molar-refractivity contribution is -0.130. The molecule has 2 amide bonds. The number of carbonyl (C=O) groups is 2. The molecule has 0 bridgehead atoms. The second-order valence-corrected chi connectivity index (χ2v) is 12.5. The first-order valence-corrected chi connectivity index (χ1v) is 17.1. The SMILES string of the molecule is CCOc1ccc(-n2c(CNC(=O)c3cccs3)nnc2SCC(=O)N2N=C(c3ccc(OC)cc3)C[C@@H]2c2ccc(OC)cc2)cc1. The molecule has 0 radical (unpaired) electrons. The van der Waals surface area contributed by atoms with Crippen molar-refractivity contribution < 1.29 is 23.8 Å². The van der Waals surface area contributed by atoms with Gasteiger partial charge in [0.25, 0.3) is 11.8 Å². The Labute approximate surface area is 286 Å². The maximum absolute atomic E-state index is 13.9. The van der Waals surface area contributed by atoms with Crippen LogP contribution in [0.5, 0.6) is 17.2 Å². The molecule has 3 heterocycles. The fourth-order valence-electron chi connectivity index (χ4n) is 5.26. The van der Waals surface area contributed by atoms with Gasteiger partial charge in [-0.2, -0.15) is 5.10 Å². The molecule has 1 aliphatic rings. The molecule has 3 aromatic carbocycles. The zero-order valence-corrected chi connectivity index (χ0v) is 28.3. The zero-order valence-electron chi connectivity index (χ0n) is 26.7. The minimum Gasteiger partial charge on any atom is -0.497 e. The highest BCUT2D eigenvalue weighted by Gasteiger charge is 2.33. The second kappa shape index (κ2) is 15.2. The predicted octanol–water partition coefficient (Wildman–Crippen LogP) is 6.14. The molecule has 1 N–H and O–H groups in total. The average molecular weight is 683 g/mol. The predicted molar refractivity (Wildman–Crippen MR) is 185 cm³/mol. The van der Waals surface area contributed by atoms with Crippen molar-refractivity contribution in [2.24, 2.45) is 5.10 Å². The van der Waals surface area contributed by atoms with Gasteiger partial charge in [-0.3, -0.25) is 14.2 Å². The highest BCUT2D eigenvalue weighted by atomic mass is 32.2. The molecule has 11 nitrogen and oxygen atoms in total. The van der Waals surface area contributed by atoms with E-state index in [1.54, 1.807) is 25.3 Å². The Morgan fingerprint density at radius 3 is 2.25 bits per heavy atom. The number of nitrogens with one attached hydrogen (secondary N) is 1. The number of hydrogen-bond donors (Lipinski definition) is 1. The highest BCUT2D eigenvalue weighted by molar-refractivity contribution is 7.99. The van der Waals surface area contributed by atoms with Crippen molar-refractivity contribution in [3.05, 3.63) is 112 Å². The summed E-state index contributed by atoms with van der Waals surface area (Å²) in [6.45, 7) is 2.62. The molecule has 0 saturated carbocycles. The van der Waals surface area contributed by atoms with Crippen LogP contribution in [0, 0.1) is 0 Å². The molecule has 1 aliphatic heterocycles. The minimum atomic E-state index is -0.298. The van der Waals surface area contributed by atoms with Gasteiger partial charge >= 0.3 is 0 Å². The molecule has 0 fully saturated rings. The van der Waals surface area contributed by atoms with Crippen LogP contribution in [0.25, 0.3) is 5.69 Å². The summed E-state index contributed by atoms with van der Waals surface area (Å²) in [5, 5.41) is 20.5. The molecular formula is C35H34N6O5S2. The molecule has 5 aromatic rings. The normalized spacial score (nSPS) is 14.0. The van der Waals surface area contributed by atoms with Gasteiger partial charge in [-0.05, 0) is 90.2 Å². The van der Waals surface area contributed by atoms with Crippen molar-refractivity contribution in [2.45, 2.75) is 31.1 Å². The molecule has 6 rings (SSSR count). The van der Waals surface area contributed by atoms with Gasteiger partial charge in [-0.15, -0.1) is 21.5 Å². The first-order chi connectivity index (χ1) is 23.5. The van der Waals surface area contributed by atoms with Crippen LogP contribution >= 0.6 is 23.1 Å². The summed E-state index contributed by atoms with van der Waals surface area (Å²) in [5.41, 5.74) is 3.44. The van der Waals surface area contributed by atoms with E-state index in [-0.39, 0.29) is 30.2 Å². The van der Waals surface area contributed by atoms with Crippen molar-refractivity contribution in [3.63, 3.8) is 0 Å². The number of hydrogen-bond acceptors (Lipinski definition) is 10. The number of thioether (sulfide) groups is 1. The van der Waals surface area contributed by atoms with Gasteiger partial charge in [-0.25, -0.2) is 5.01 Å². The van der Waals surface area contributed by atoms with E-state index < -0.39 is 0 Å². The van der Waals surface area contributed by atoms with E-state index in [0.717, 1.165) is 39.8 Å². The summed E-state index contributed by atoms with van der Waals surface area (Å²) in [7, 11) is 3.25. The molecule has 0 unspecified atom stereocenters. The average Bonchev–Trinajstić information content (AvgIpc) is 3.91. The summed E-state index contributed by atoms with van der Waals surface area (Å²) in [6.07, 6.45) is 0.547. The van der Waals surface area contributed by atoms with Crippen LogP contribution in [-0.4, -0.2) is 63.9 Å². The number of benzene rings is 3. The number of aromatic nitrogens is 3. The molecular weight excluding hydrogens is 649 g/mol. The summed E-state index contributed by atoms with van der Waals surface area (Å²) in [6, 6.07) is 26.2. The molecule has 0 saturated heterocycles. The lowest BCUT2D eigenvalue weighted by Crippen LogP contribution is -2.28. The largest absolute Gasteiger partial charge is 0.497 e. The van der Waals surface area contributed by atoms with Crippen molar-refractivity contribution >= 4 is 40.6 Å². The number of methoxy groups -OCH3 is 2. The number of carbonyl (C=O) groups excluding carboxylic acids is 2. The van der Waals surface area contributed by atoms with E-state index in [4.69, 9.17) is 19.3 Å². The summed E-state index contributed by atoms with van der Waals surface area (Å²) >= 11 is 2.62. The molecule has 2 aromatic heterocycles. The van der Waals surface area contributed by atoms with E-state index in [2.05, 4.69) is 15.5 Å². The van der Waals surface area contributed by atoms with Gasteiger partial charge < -0.3 is 19.5 Å². The van der Waals surface area contributed by atoms with E-state index in [9.17, 15) is 9.59 Å². The number of rotatable bonds is 13. The Morgan fingerprint density at radius 1 is 0.917 bits per heavy atom. The zero-order chi connectivity index (χ0) is 33.5. The quantitative estimate of drug-likeness (QED) is 0.147. The number of amides is 2. The van der Waals surface area contributed by atoms with Crippen LogP contribution in [0.1, 0.15) is 46.0 Å². The molecule has 0 spiro atoms. The standard InChI is InChI=1S/C35H34N6O5S2/c1-4-46-28-17-11-25(12-18-28)40-32(21-36-34(43)31-6-5-19-47-31)37-38-35(40)48-22-33(42)41-30(24-9-15-27(45-3)16-10-24)20-29(39-41)23-7-13-26(44-2)14-8-23/h5-19,30H,4,20-22H2,1-3H3,(H,36,43)/t30-/m1/s1. The van der Waals surface area contributed by atoms with Crippen LogP contribution in [0.4, 0.5) is 0 Å². The highest BCUT2D eigenvalue weighted by Crippen LogP contribution is 2.35. The van der Waals surface area contributed by atoms with E-state index in [1.165, 1.54) is 23.1 Å². The van der Waals surface area contributed by atoms with Gasteiger partial charge in [-0.1, -0.05) is 30.0 Å². The van der Waals surface area contributed by atoms with Crippen LogP contribution < -0.4 is 19.5 Å². The van der Waals surface area contributed by atoms with Crippen LogP contribution in [0.3, 0.4) is 0 Å². The first-order valence-electron chi connectivity index (χ1n) is 15.3. The molecule has 13 heteroatoms. The summed E-state index contributed by atoms with van der Waals surface area (Å²) < 4.78 is 18.2. The Hall–Kier alpha value is -5.14. The summed E-state index contributed by atoms with van der Waals surface area (Å²) in [4.78, 5) is 27.3. The van der Waals surface area contributed by atoms with Crippen LogP contribution in [0.15, 0.2) is 101 Å². The number of hydrazone groups is 1. The molecule has 246 valence electrons. The smallest absolute Gasteiger partial charge is 0.261 e. The van der Waals surface area contributed by atoms with E-state index >= 15 is 0 Å². The Bertz CT molecular complexity index is 1870. The molecule has 0 aliphatic carbocycles. The van der Waals surface area contributed by atoms with E-state index in [0.29, 0.717) is 28.9 Å². The topological polar surface area (TPSA) is 120 Å². The fraction of sp³-hybridized carbons (Fsp3) is 0.229. The third kappa shape index (κ3) is 7.37. The third-order valence-electron chi connectivity index (χ3n) is 7.67. The lowest BCUT2D eigenvalue weighted by atomic mass is 9.98. The Balaban J connectivity index is 1.25. The summed E-state index contributed by atoms with van der Waals surface area (Å²) in [5.74, 6) is 2.42. The van der Waals surface area contributed by atoms with Gasteiger partial charge in [0.05, 0.1) is 49.8 Å². The first kappa shape index (κ1) is 32.8. The van der Waals surface area contributed by atoms with Crippen LogP contribution in [-0.2, 0) is 11.3 Å². The Morgan fingerprint density at radius 2 is 1.60 bits per heavy atom. The van der Waals surface area contributed by atoms with Gasteiger partial charge in [0.15, 0.2) is 11.0 Å². The van der Waals surface area contributed by atoms with Gasteiger partial charge in [0.2, 0.25) is 0 Å². The maximum Gasteiger partial charge on any atom is 0.261 e. The van der Waals surface area contributed by atoms with E-state index in [1.807, 2.05) is 95.7 Å². The monoisotopic (exact) mass is 682 g/mol. The minimum absolute atomic E-state index is 0.0583. The number of ether oxygens (including phenoxy) is 3. The fourth-order valence-corrected chi connectivity index (χ4v) is 6.72.